The molecular weight excluding hydrogens is 384 g/mol. The van der Waals surface area contributed by atoms with E-state index in [9.17, 15) is 14.4 Å². The molecule has 0 saturated carbocycles. The van der Waals surface area contributed by atoms with E-state index in [0.717, 1.165) is 0 Å². The third kappa shape index (κ3) is 4.00. The van der Waals surface area contributed by atoms with Crippen molar-refractivity contribution in [2.24, 2.45) is 7.05 Å². The van der Waals surface area contributed by atoms with Crippen molar-refractivity contribution in [2.45, 2.75) is 20.0 Å². The number of rotatable bonds is 5. The van der Waals surface area contributed by atoms with Gasteiger partial charge in [0.25, 0.3) is 11.5 Å². The number of nitrogens with one attached hydrogen (secondary N) is 1. The SMILES string of the molecule is Cc1c(NC(=O)[C@H](C)OC(=O)c2cccc(C#N)c2)c(=O)n(-c2ccccc2)n1C. The summed E-state index contributed by atoms with van der Waals surface area (Å²) in [5, 5.41) is 11.5. The third-order valence-corrected chi connectivity index (χ3v) is 4.68. The Kier molecular flexibility index (Phi) is 5.83. The monoisotopic (exact) mass is 404 g/mol. The molecule has 0 fully saturated rings. The van der Waals surface area contributed by atoms with E-state index >= 15 is 0 Å². The summed E-state index contributed by atoms with van der Waals surface area (Å²) in [6.07, 6.45) is -1.15. The van der Waals surface area contributed by atoms with Gasteiger partial charge in [-0.3, -0.25) is 14.3 Å². The molecule has 0 unspecified atom stereocenters. The smallest absolute Gasteiger partial charge is 0.338 e. The van der Waals surface area contributed by atoms with E-state index in [1.165, 1.54) is 23.7 Å². The number of aromatic nitrogens is 2. The standard InChI is InChI=1S/C22H20N4O4/c1-14-19(21(28)26(25(14)3)18-10-5-4-6-11-18)24-20(27)15(2)30-22(29)17-9-7-8-16(12-17)13-23/h4-12,15H,1-3H3,(H,24,27)/t15-/m0/s1. The molecule has 152 valence electrons. The van der Waals surface area contributed by atoms with Crippen LogP contribution in [0.3, 0.4) is 0 Å². The predicted octanol–water partition coefficient (Wildman–Crippen LogP) is 2.54. The van der Waals surface area contributed by atoms with Crippen LogP contribution in [0.1, 0.15) is 28.5 Å². The maximum absolute atomic E-state index is 12.9. The molecule has 8 heteroatoms. The number of nitrogens with zero attached hydrogens (tertiary/aromatic N) is 3. The molecule has 0 aliphatic heterocycles. The maximum Gasteiger partial charge on any atom is 0.338 e. The lowest BCUT2D eigenvalue weighted by molar-refractivity contribution is -0.123. The van der Waals surface area contributed by atoms with Crippen molar-refractivity contribution in [3.63, 3.8) is 0 Å². The van der Waals surface area contributed by atoms with Gasteiger partial charge in [0.1, 0.15) is 5.69 Å². The zero-order valence-corrected chi connectivity index (χ0v) is 16.7. The first-order valence-electron chi connectivity index (χ1n) is 9.19. The van der Waals surface area contributed by atoms with E-state index in [1.54, 1.807) is 42.9 Å². The van der Waals surface area contributed by atoms with Crippen LogP contribution in [0.15, 0.2) is 59.4 Å². The molecule has 1 N–H and O–H groups in total. The summed E-state index contributed by atoms with van der Waals surface area (Å²) in [4.78, 5) is 37.7. The van der Waals surface area contributed by atoms with Gasteiger partial charge in [0, 0.05) is 7.05 Å². The molecular formula is C22H20N4O4. The van der Waals surface area contributed by atoms with Gasteiger partial charge in [-0.05, 0) is 44.2 Å². The highest BCUT2D eigenvalue weighted by molar-refractivity contribution is 5.97. The molecule has 1 heterocycles. The number of ether oxygens (including phenoxy) is 1. The largest absolute Gasteiger partial charge is 0.449 e. The van der Waals surface area contributed by atoms with Crippen LogP contribution in [-0.4, -0.2) is 27.3 Å². The fourth-order valence-corrected chi connectivity index (χ4v) is 2.93. The first kappa shape index (κ1) is 20.6. The normalized spacial score (nSPS) is 11.4. The fraction of sp³-hybridized carbons (Fsp3) is 0.182. The Hall–Kier alpha value is -4.12. The number of anilines is 1. The molecule has 0 radical (unpaired) electrons. The number of amides is 1. The second-order valence-corrected chi connectivity index (χ2v) is 6.67. The van der Waals surface area contributed by atoms with Crippen molar-refractivity contribution in [3.8, 4) is 11.8 Å². The number of hydrogen-bond donors (Lipinski definition) is 1. The van der Waals surface area contributed by atoms with Crippen molar-refractivity contribution in [2.75, 3.05) is 5.32 Å². The predicted molar refractivity (Wildman–Crippen MR) is 110 cm³/mol. The Morgan fingerprint density at radius 2 is 1.83 bits per heavy atom. The van der Waals surface area contributed by atoms with Crippen molar-refractivity contribution < 1.29 is 14.3 Å². The summed E-state index contributed by atoms with van der Waals surface area (Å²) in [5.41, 5.74) is 1.40. The minimum Gasteiger partial charge on any atom is -0.449 e. The van der Waals surface area contributed by atoms with E-state index in [2.05, 4.69) is 5.32 Å². The number of carbonyl (C=O) groups excluding carboxylic acids is 2. The molecule has 30 heavy (non-hydrogen) atoms. The van der Waals surface area contributed by atoms with Crippen LogP contribution in [0, 0.1) is 18.3 Å². The summed E-state index contributed by atoms with van der Waals surface area (Å²) in [7, 11) is 1.71. The van der Waals surface area contributed by atoms with Gasteiger partial charge in [-0.2, -0.15) is 5.26 Å². The molecule has 0 aliphatic rings. The van der Waals surface area contributed by atoms with Gasteiger partial charge in [0.2, 0.25) is 0 Å². The molecule has 1 amide bonds. The molecule has 8 nitrogen and oxygen atoms in total. The lowest BCUT2D eigenvalue weighted by Crippen LogP contribution is -2.32. The molecule has 1 atom stereocenters. The van der Waals surface area contributed by atoms with E-state index in [1.807, 2.05) is 24.3 Å². The van der Waals surface area contributed by atoms with Gasteiger partial charge >= 0.3 is 5.97 Å². The molecule has 0 aliphatic carbocycles. The molecule has 1 aromatic heterocycles. The molecule has 2 aromatic carbocycles. The van der Waals surface area contributed by atoms with Crippen LogP contribution in [0.5, 0.6) is 0 Å². The molecule has 0 saturated heterocycles. The van der Waals surface area contributed by atoms with Gasteiger partial charge < -0.3 is 10.1 Å². The molecule has 3 aromatic rings. The van der Waals surface area contributed by atoms with Crippen molar-refractivity contribution in [1.82, 2.24) is 9.36 Å². The van der Waals surface area contributed by atoms with E-state index in [4.69, 9.17) is 10.00 Å². The summed E-state index contributed by atoms with van der Waals surface area (Å²) in [6.45, 7) is 3.12. The van der Waals surface area contributed by atoms with E-state index < -0.39 is 23.5 Å². The molecule has 0 bridgehead atoms. The quantitative estimate of drug-likeness (QED) is 0.658. The highest BCUT2D eigenvalue weighted by Crippen LogP contribution is 2.15. The van der Waals surface area contributed by atoms with Crippen molar-refractivity contribution >= 4 is 17.6 Å². The van der Waals surface area contributed by atoms with E-state index in [-0.39, 0.29) is 11.3 Å². The van der Waals surface area contributed by atoms with Gasteiger partial charge in [-0.1, -0.05) is 24.3 Å². The number of esters is 1. The first-order valence-corrected chi connectivity index (χ1v) is 9.19. The number of para-hydroxylation sites is 1. The Labute approximate surface area is 172 Å². The fourth-order valence-electron chi connectivity index (χ4n) is 2.93. The van der Waals surface area contributed by atoms with Crippen LogP contribution in [0.4, 0.5) is 5.69 Å². The van der Waals surface area contributed by atoms with Crippen LogP contribution >= 0.6 is 0 Å². The van der Waals surface area contributed by atoms with Gasteiger partial charge in [-0.25, -0.2) is 9.48 Å². The van der Waals surface area contributed by atoms with Gasteiger partial charge in [0.15, 0.2) is 6.10 Å². The zero-order valence-electron chi connectivity index (χ0n) is 16.7. The summed E-state index contributed by atoms with van der Waals surface area (Å²) < 4.78 is 8.27. The topological polar surface area (TPSA) is 106 Å². The minimum atomic E-state index is -1.15. The summed E-state index contributed by atoms with van der Waals surface area (Å²) in [5.74, 6) is -1.37. The van der Waals surface area contributed by atoms with Crippen LogP contribution in [-0.2, 0) is 16.6 Å². The average molecular weight is 404 g/mol. The lowest BCUT2D eigenvalue weighted by Gasteiger charge is -2.13. The minimum absolute atomic E-state index is 0.112. The number of nitriles is 1. The highest BCUT2D eigenvalue weighted by Gasteiger charge is 2.23. The van der Waals surface area contributed by atoms with E-state index in [0.29, 0.717) is 16.9 Å². The number of benzene rings is 2. The molecule has 0 spiro atoms. The average Bonchev–Trinajstić information content (AvgIpc) is 2.97. The van der Waals surface area contributed by atoms with Crippen LogP contribution in [0.2, 0.25) is 0 Å². The van der Waals surface area contributed by atoms with Crippen molar-refractivity contribution in [1.29, 1.82) is 5.26 Å². The van der Waals surface area contributed by atoms with Crippen LogP contribution in [0.25, 0.3) is 5.69 Å². The zero-order chi connectivity index (χ0) is 21.8. The van der Waals surface area contributed by atoms with Gasteiger partial charge in [-0.15, -0.1) is 0 Å². The Morgan fingerprint density at radius 3 is 2.50 bits per heavy atom. The van der Waals surface area contributed by atoms with Crippen LogP contribution < -0.4 is 10.9 Å². The third-order valence-electron chi connectivity index (χ3n) is 4.68. The second-order valence-electron chi connectivity index (χ2n) is 6.67. The Morgan fingerprint density at radius 1 is 1.13 bits per heavy atom. The molecule has 3 rings (SSSR count). The Balaban J connectivity index is 1.78. The van der Waals surface area contributed by atoms with Crippen molar-refractivity contribution in [3.05, 3.63) is 81.8 Å². The number of hydrogen-bond acceptors (Lipinski definition) is 5. The number of carbonyl (C=O) groups is 2. The lowest BCUT2D eigenvalue weighted by atomic mass is 10.1. The second kappa shape index (κ2) is 8.49. The maximum atomic E-state index is 12.9. The summed E-state index contributed by atoms with van der Waals surface area (Å²) >= 11 is 0. The highest BCUT2D eigenvalue weighted by atomic mass is 16.5. The van der Waals surface area contributed by atoms with Gasteiger partial charge in [0.05, 0.1) is 28.6 Å². The summed E-state index contributed by atoms with van der Waals surface area (Å²) in [6, 6.07) is 17.0. The Bertz CT molecular complexity index is 1200. The first-order chi connectivity index (χ1) is 14.3.